The summed E-state index contributed by atoms with van der Waals surface area (Å²) < 4.78 is 5.55. The third kappa shape index (κ3) is 2.58. The molecule has 0 bridgehead atoms. The molecule has 4 aliphatic heterocycles. The number of rotatable bonds is 1. The van der Waals surface area contributed by atoms with E-state index in [2.05, 4.69) is 9.80 Å². The first-order valence-corrected chi connectivity index (χ1v) is 10.7. The second-order valence-corrected chi connectivity index (χ2v) is 8.99. The molecule has 1 saturated carbocycles. The monoisotopic (exact) mass is 377 g/mol. The van der Waals surface area contributed by atoms with Crippen LogP contribution in [-0.4, -0.2) is 88.3 Å². The van der Waals surface area contributed by atoms with Crippen LogP contribution in [0.1, 0.15) is 51.4 Å². The maximum atomic E-state index is 13.4. The number of amides is 2. The summed E-state index contributed by atoms with van der Waals surface area (Å²) in [6.45, 7) is 1.62. The molecule has 2 amide bonds. The van der Waals surface area contributed by atoms with Gasteiger partial charge in [0.2, 0.25) is 5.91 Å². The number of ether oxygens (including phenoxy) is 1. The number of carbonyl (C=O) groups is 2. The average molecular weight is 377 g/mol. The fourth-order valence-corrected chi connectivity index (χ4v) is 6.53. The van der Waals surface area contributed by atoms with Crippen molar-refractivity contribution in [2.45, 2.75) is 87.9 Å². The molecule has 27 heavy (non-hydrogen) atoms. The van der Waals surface area contributed by atoms with E-state index in [1.54, 1.807) is 7.11 Å². The molecule has 5 rings (SSSR count). The predicted molar refractivity (Wildman–Crippen MR) is 97.6 cm³/mol. The largest absolute Gasteiger partial charge is 0.382 e. The lowest BCUT2D eigenvalue weighted by atomic mass is 9.81. The lowest BCUT2D eigenvalue weighted by Crippen LogP contribution is -2.73. The normalized spacial score (nSPS) is 45.0. The Labute approximate surface area is 160 Å². The number of fused-ring (bicyclic) bond motifs is 7. The van der Waals surface area contributed by atoms with Crippen LogP contribution in [0.5, 0.6) is 0 Å². The van der Waals surface area contributed by atoms with Gasteiger partial charge in [-0.2, -0.15) is 0 Å². The summed E-state index contributed by atoms with van der Waals surface area (Å²) in [6, 6.07) is -0.179. The average Bonchev–Trinajstić information content (AvgIpc) is 3.15. The number of hydrogen-bond acceptors (Lipinski definition) is 5. The third-order valence-electron chi connectivity index (χ3n) is 7.80. The van der Waals surface area contributed by atoms with E-state index in [0.717, 1.165) is 58.0 Å². The molecular weight excluding hydrogens is 346 g/mol. The van der Waals surface area contributed by atoms with Crippen molar-refractivity contribution in [1.82, 2.24) is 14.7 Å². The van der Waals surface area contributed by atoms with Crippen LogP contribution >= 0.6 is 0 Å². The second-order valence-electron chi connectivity index (χ2n) is 8.99. The first kappa shape index (κ1) is 17.9. The topological polar surface area (TPSA) is 73.3 Å². The van der Waals surface area contributed by atoms with E-state index in [1.165, 1.54) is 0 Å². The zero-order valence-corrected chi connectivity index (χ0v) is 16.1. The van der Waals surface area contributed by atoms with Crippen molar-refractivity contribution in [2.24, 2.45) is 5.92 Å². The van der Waals surface area contributed by atoms with E-state index >= 15 is 0 Å². The molecule has 0 radical (unpaired) electrons. The van der Waals surface area contributed by atoms with Gasteiger partial charge in [0.15, 0.2) is 0 Å². The number of hydrogen-bond donors (Lipinski definition) is 1. The first-order valence-electron chi connectivity index (χ1n) is 10.7. The molecular formula is C20H31N3O4. The quantitative estimate of drug-likeness (QED) is 0.723. The summed E-state index contributed by atoms with van der Waals surface area (Å²) in [7, 11) is 1.71. The molecule has 5 aliphatic rings. The minimum absolute atomic E-state index is 0.0508. The number of carbonyl (C=O) groups excluding carboxylic acids is 2. The number of aliphatic hydroxyl groups is 1. The molecule has 4 heterocycles. The fourth-order valence-electron chi connectivity index (χ4n) is 6.53. The van der Waals surface area contributed by atoms with Crippen molar-refractivity contribution < 1.29 is 19.4 Å². The van der Waals surface area contributed by atoms with Crippen LogP contribution in [0, 0.1) is 5.92 Å². The number of aliphatic hydroxyl groups excluding tert-OH is 1. The SMILES string of the molecule is COC1CCN2C(C1)C(O)C(=O)N1C3CCCCC3C(=O)N3CCC[C@H]3C21. The van der Waals surface area contributed by atoms with Crippen molar-refractivity contribution in [3.8, 4) is 0 Å². The van der Waals surface area contributed by atoms with Crippen molar-refractivity contribution in [1.29, 1.82) is 0 Å². The number of piperidine rings is 1. The molecule has 1 aliphatic carbocycles. The smallest absolute Gasteiger partial charge is 0.254 e. The Morgan fingerprint density at radius 1 is 0.926 bits per heavy atom. The van der Waals surface area contributed by atoms with Crippen molar-refractivity contribution in [3.05, 3.63) is 0 Å². The molecule has 0 aromatic carbocycles. The first-order chi connectivity index (χ1) is 13.1. The Balaban J connectivity index is 1.57. The van der Waals surface area contributed by atoms with Gasteiger partial charge >= 0.3 is 0 Å². The van der Waals surface area contributed by atoms with E-state index in [9.17, 15) is 14.7 Å². The zero-order chi connectivity index (χ0) is 18.7. The predicted octanol–water partition coefficient (Wildman–Crippen LogP) is 0.558. The summed E-state index contributed by atoms with van der Waals surface area (Å²) in [5, 5.41) is 10.9. The molecule has 5 fully saturated rings. The summed E-state index contributed by atoms with van der Waals surface area (Å²) in [5.74, 6) is 0.00670. The van der Waals surface area contributed by atoms with E-state index < -0.39 is 6.10 Å². The van der Waals surface area contributed by atoms with E-state index in [0.29, 0.717) is 6.42 Å². The summed E-state index contributed by atoms with van der Waals surface area (Å²) in [5.41, 5.74) is 0. The maximum Gasteiger partial charge on any atom is 0.254 e. The van der Waals surface area contributed by atoms with Gasteiger partial charge in [0, 0.05) is 32.3 Å². The van der Waals surface area contributed by atoms with Gasteiger partial charge in [-0.05, 0) is 38.5 Å². The van der Waals surface area contributed by atoms with Gasteiger partial charge in [-0.25, -0.2) is 0 Å². The molecule has 150 valence electrons. The molecule has 1 N–H and O–H groups in total. The highest BCUT2D eigenvalue weighted by atomic mass is 16.5. The van der Waals surface area contributed by atoms with Crippen LogP contribution in [0.25, 0.3) is 0 Å². The summed E-state index contributed by atoms with van der Waals surface area (Å²) >= 11 is 0. The minimum Gasteiger partial charge on any atom is -0.382 e. The number of nitrogens with zero attached hydrogens (tertiary/aromatic N) is 3. The lowest BCUT2D eigenvalue weighted by molar-refractivity contribution is -0.186. The Hall–Kier alpha value is -1.18. The second kappa shape index (κ2) is 6.71. The zero-order valence-electron chi connectivity index (χ0n) is 16.1. The van der Waals surface area contributed by atoms with E-state index in [4.69, 9.17) is 4.74 Å². The lowest BCUT2D eigenvalue weighted by Gasteiger charge is -2.56. The molecule has 6 unspecified atom stereocenters. The van der Waals surface area contributed by atoms with Gasteiger partial charge in [0.25, 0.3) is 5.91 Å². The van der Waals surface area contributed by atoms with Gasteiger partial charge in [-0.15, -0.1) is 0 Å². The Kier molecular flexibility index (Phi) is 4.44. The van der Waals surface area contributed by atoms with E-state index in [-0.39, 0.29) is 48.1 Å². The van der Waals surface area contributed by atoms with Crippen LogP contribution < -0.4 is 0 Å². The van der Waals surface area contributed by atoms with Gasteiger partial charge in [0.05, 0.1) is 18.1 Å². The highest BCUT2D eigenvalue weighted by molar-refractivity contribution is 5.87. The van der Waals surface area contributed by atoms with Gasteiger partial charge in [-0.1, -0.05) is 12.8 Å². The van der Waals surface area contributed by atoms with Crippen LogP contribution in [0.4, 0.5) is 0 Å². The van der Waals surface area contributed by atoms with E-state index in [1.807, 2.05) is 4.90 Å². The third-order valence-corrected chi connectivity index (χ3v) is 7.80. The highest BCUT2D eigenvalue weighted by Crippen LogP contribution is 2.44. The fraction of sp³-hybridized carbons (Fsp3) is 0.900. The summed E-state index contributed by atoms with van der Waals surface area (Å²) in [6.07, 6.45) is 6.42. The Morgan fingerprint density at radius 2 is 1.70 bits per heavy atom. The Morgan fingerprint density at radius 3 is 2.52 bits per heavy atom. The van der Waals surface area contributed by atoms with Crippen molar-refractivity contribution >= 4 is 11.8 Å². The molecule has 7 atom stereocenters. The van der Waals surface area contributed by atoms with Crippen molar-refractivity contribution in [3.63, 3.8) is 0 Å². The molecule has 0 aromatic heterocycles. The van der Waals surface area contributed by atoms with Crippen LogP contribution in [0.3, 0.4) is 0 Å². The Bertz CT molecular complexity index is 628. The van der Waals surface area contributed by atoms with Gasteiger partial charge in [-0.3, -0.25) is 14.5 Å². The van der Waals surface area contributed by atoms with Crippen LogP contribution in [0.15, 0.2) is 0 Å². The van der Waals surface area contributed by atoms with Gasteiger partial charge in [0.1, 0.15) is 12.3 Å². The molecule has 0 spiro atoms. The number of methoxy groups -OCH3 is 1. The molecule has 7 nitrogen and oxygen atoms in total. The maximum absolute atomic E-state index is 13.4. The minimum atomic E-state index is -1.01. The molecule has 4 saturated heterocycles. The summed E-state index contributed by atoms with van der Waals surface area (Å²) in [4.78, 5) is 33.1. The molecule has 0 aromatic rings. The van der Waals surface area contributed by atoms with Crippen molar-refractivity contribution in [2.75, 3.05) is 20.2 Å². The van der Waals surface area contributed by atoms with Crippen LogP contribution in [-0.2, 0) is 14.3 Å². The van der Waals surface area contributed by atoms with Crippen LogP contribution in [0.2, 0.25) is 0 Å². The standard InChI is InChI=1S/C20H31N3O4/c1-27-12-8-10-21-16(11-12)17(24)20(26)23-14-6-3-2-5-13(14)19(25)22-9-4-7-15(22)18(21)23/h12-18,24H,2-11H2,1H3/t12?,13?,14?,15-,16?,17?,18?/m0/s1. The van der Waals surface area contributed by atoms with Gasteiger partial charge < -0.3 is 19.6 Å². The highest BCUT2D eigenvalue weighted by Gasteiger charge is 2.58. The molecule has 7 heteroatoms.